The molecule has 1 heterocycles. The quantitative estimate of drug-likeness (QED) is 0.824. The highest BCUT2D eigenvalue weighted by Gasteiger charge is 2.34. The number of nitrogens with zero attached hydrogens (tertiary/aromatic N) is 1. The Kier molecular flexibility index (Phi) is 6.11. The van der Waals surface area contributed by atoms with Crippen molar-refractivity contribution in [3.05, 3.63) is 29.3 Å². The molecule has 120 valence electrons. The number of rotatable bonds is 6. The van der Waals surface area contributed by atoms with E-state index in [2.05, 4.69) is 5.32 Å². The van der Waals surface area contributed by atoms with Crippen LogP contribution in [0.4, 0.5) is 5.69 Å². The van der Waals surface area contributed by atoms with Crippen molar-refractivity contribution in [1.29, 1.82) is 0 Å². The molecule has 0 aliphatic carbocycles. The van der Waals surface area contributed by atoms with Gasteiger partial charge in [0.05, 0.1) is 6.04 Å². The van der Waals surface area contributed by atoms with Crippen LogP contribution in [-0.2, 0) is 9.59 Å². The van der Waals surface area contributed by atoms with E-state index in [4.69, 9.17) is 17.3 Å². The van der Waals surface area contributed by atoms with Crippen LogP contribution in [0.2, 0.25) is 5.02 Å². The number of amides is 2. The average molecular weight is 342 g/mol. The zero-order valence-electron chi connectivity index (χ0n) is 12.4. The summed E-state index contributed by atoms with van der Waals surface area (Å²) < 4.78 is 0. The second-order valence-electron chi connectivity index (χ2n) is 5.21. The number of nitrogens with one attached hydrogen (secondary N) is 1. The van der Waals surface area contributed by atoms with Gasteiger partial charge in [0.2, 0.25) is 11.8 Å². The Morgan fingerprint density at radius 3 is 3.05 bits per heavy atom. The molecule has 5 nitrogen and oxygen atoms in total. The van der Waals surface area contributed by atoms with E-state index in [1.807, 2.05) is 12.3 Å². The molecular weight excluding hydrogens is 322 g/mol. The summed E-state index contributed by atoms with van der Waals surface area (Å²) in [5.41, 5.74) is 6.58. The molecule has 1 fully saturated rings. The van der Waals surface area contributed by atoms with Crippen LogP contribution in [0.15, 0.2) is 24.3 Å². The third kappa shape index (κ3) is 4.15. The van der Waals surface area contributed by atoms with Crippen LogP contribution in [-0.4, -0.2) is 42.5 Å². The fourth-order valence-electron chi connectivity index (χ4n) is 2.37. The van der Waals surface area contributed by atoms with Gasteiger partial charge >= 0.3 is 0 Å². The van der Waals surface area contributed by atoms with Gasteiger partial charge in [0.1, 0.15) is 6.04 Å². The van der Waals surface area contributed by atoms with Crippen molar-refractivity contribution in [2.75, 3.05) is 23.5 Å². The SMILES string of the molecule is CSCC[C@H](N)C(=O)NC1CCN(c2cccc(Cl)c2)C1=O. The number of benzene rings is 1. The van der Waals surface area contributed by atoms with Gasteiger partial charge in [0.25, 0.3) is 0 Å². The monoisotopic (exact) mass is 341 g/mol. The minimum atomic E-state index is -0.569. The lowest BCUT2D eigenvalue weighted by molar-refractivity contribution is -0.127. The van der Waals surface area contributed by atoms with Crippen molar-refractivity contribution in [3.8, 4) is 0 Å². The van der Waals surface area contributed by atoms with Crippen molar-refractivity contribution in [3.63, 3.8) is 0 Å². The van der Waals surface area contributed by atoms with Gasteiger partial charge in [-0.2, -0.15) is 11.8 Å². The van der Waals surface area contributed by atoms with Gasteiger partial charge in [-0.25, -0.2) is 0 Å². The molecule has 1 aliphatic rings. The molecule has 1 aromatic carbocycles. The molecule has 0 spiro atoms. The van der Waals surface area contributed by atoms with Gasteiger partial charge in [-0.05, 0) is 43.0 Å². The van der Waals surface area contributed by atoms with Crippen LogP contribution in [0.1, 0.15) is 12.8 Å². The zero-order valence-corrected chi connectivity index (χ0v) is 14.0. The molecule has 1 aromatic rings. The lowest BCUT2D eigenvalue weighted by atomic mass is 10.2. The van der Waals surface area contributed by atoms with E-state index in [1.54, 1.807) is 34.9 Å². The Morgan fingerprint density at radius 1 is 1.59 bits per heavy atom. The second-order valence-corrected chi connectivity index (χ2v) is 6.63. The Hall–Kier alpha value is -1.24. The standard InChI is InChI=1S/C15H20ClN3O2S/c1-22-8-6-12(17)14(20)18-13-5-7-19(15(13)21)11-4-2-3-10(16)9-11/h2-4,9,12-13H,5-8,17H2,1H3,(H,18,20)/t12-,13?/m0/s1. The molecule has 1 aliphatic heterocycles. The van der Waals surface area contributed by atoms with Crippen LogP contribution in [0, 0.1) is 0 Å². The molecule has 0 aromatic heterocycles. The molecular formula is C15H20ClN3O2S. The van der Waals surface area contributed by atoms with Crippen molar-refractivity contribution in [2.45, 2.75) is 24.9 Å². The lowest BCUT2D eigenvalue weighted by Crippen LogP contribution is -2.48. The number of hydrogen-bond acceptors (Lipinski definition) is 4. The smallest absolute Gasteiger partial charge is 0.249 e. The summed E-state index contributed by atoms with van der Waals surface area (Å²) >= 11 is 7.60. The topological polar surface area (TPSA) is 75.4 Å². The van der Waals surface area contributed by atoms with Gasteiger partial charge in [0, 0.05) is 17.3 Å². The Labute approximate surface area is 139 Å². The fraction of sp³-hybridized carbons (Fsp3) is 0.467. The maximum absolute atomic E-state index is 12.4. The molecule has 0 bridgehead atoms. The number of anilines is 1. The van der Waals surface area contributed by atoms with E-state index in [0.717, 1.165) is 11.4 Å². The first-order valence-corrected chi connectivity index (χ1v) is 8.92. The summed E-state index contributed by atoms with van der Waals surface area (Å²) in [6.07, 6.45) is 3.15. The number of halogens is 1. The molecule has 0 saturated carbocycles. The van der Waals surface area contributed by atoms with Crippen LogP contribution < -0.4 is 16.0 Å². The van der Waals surface area contributed by atoms with Crippen LogP contribution >= 0.6 is 23.4 Å². The van der Waals surface area contributed by atoms with Crippen LogP contribution in [0.5, 0.6) is 0 Å². The molecule has 2 atom stereocenters. The number of carbonyl (C=O) groups excluding carboxylic acids is 2. The number of nitrogens with two attached hydrogens (primary N) is 1. The van der Waals surface area contributed by atoms with Gasteiger partial charge < -0.3 is 16.0 Å². The summed E-state index contributed by atoms with van der Waals surface area (Å²) in [6, 6.07) is 6.06. The molecule has 2 amide bonds. The molecule has 1 saturated heterocycles. The highest BCUT2D eigenvalue weighted by molar-refractivity contribution is 7.98. The van der Waals surface area contributed by atoms with E-state index >= 15 is 0 Å². The Bertz CT molecular complexity index is 555. The molecule has 7 heteroatoms. The second kappa shape index (κ2) is 7.85. The molecule has 22 heavy (non-hydrogen) atoms. The largest absolute Gasteiger partial charge is 0.343 e. The number of hydrogen-bond donors (Lipinski definition) is 2. The predicted molar refractivity (Wildman–Crippen MR) is 91.3 cm³/mol. The van der Waals surface area contributed by atoms with Crippen molar-refractivity contribution in [1.82, 2.24) is 5.32 Å². The highest BCUT2D eigenvalue weighted by atomic mass is 35.5. The predicted octanol–water partition coefficient (Wildman–Crippen LogP) is 1.64. The zero-order chi connectivity index (χ0) is 16.1. The minimum absolute atomic E-state index is 0.118. The van der Waals surface area contributed by atoms with Gasteiger partial charge in [-0.3, -0.25) is 9.59 Å². The van der Waals surface area contributed by atoms with E-state index in [0.29, 0.717) is 24.4 Å². The summed E-state index contributed by atoms with van der Waals surface area (Å²) in [5.74, 6) is 0.440. The minimum Gasteiger partial charge on any atom is -0.343 e. The average Bonchev–Trinajstić information content (AvgIpc) is 2.86. The van der Waals surface area contributed by atoms with Crippen molar-refractivity contribution >= 4 is 40.9 Å². The normalized spacial score (nSPS) is 19.3. The first-order valence-electron chi connectivity index (χ1n) is 7.14. The van der Waals surface area contributed by atoms with Gasteiger partial charge in [0.15, 0.2) is 0 Å². The van der Waals surface area contributed by atoms with Gasteiger partial charge in [-0.1, -0.05) is 17.7 Å². The molecule has 2 rings (SSSR count). The summed E-state index contributed by atoms with van der Waals surface area (Å²) in [4.78, 5) is 26.1. The fourth-order valence-corrected chi connectivity index (χ4v) is 3.04. The Balaban J connectivity index is 1.95. The van der Waals surface area contributed by atoms with Crippen LogP contribution in [0.25, 0.3) is 0 Å². The molecule has 3 N–H and O–H groups in total. The van der Waals surface area contributed by atoms with E-state index in [9.17, 15) is 9.59 Å². The third-order valence-corrected chi connectivity index (χ3v) is 4.49. The van der Waals surface area contributed by atoms with E-state index in [-0.39, 0.29) is 11.8 Å². The van der Waals surface area contributed by atoms with E-state index in [1.165, 1.54) is 0 Å². The first kappa shape index (κ1) is 17.1. The van der Waals surface area contributed by atoms with Gasteiger partial charge in [-0.15, -0.1) is 0 Å². The molecule has 1 unspecified atom stereocenters. The summed E-state index contributed by atoms with van der Waals surface area (Å²) in [7, 11) is 0. The Morgan fingerprint density at radius 2 is 2.36 bits per heavy atom. The number of carbonyl (C=O) groups is 2. The van der Waals surface area contributed by atoms with E-state index < -0.39 is 12.1 Å². The maximum Gasteiger partial charge on any atom is 0.249 e. The maximum atomic E-state index is 12.4. The summed E-state index contributed by atoms with van der Waals surface area (Å²) in [6.45, 7) is 0.560. The third-order valence-electron chi connectivity index (χ3n) is 3.61. The lowest BCUT2D eigenvalue weighted by Gasteiger charge is -2.18. The summed E-state index contributed by atoms with van der Waals surface area (Å²) in [5, 5.41) is 3.33. The molecule has 0 radical (unpaired) electrons. The number of thioether (sulfide) groups is 1. The highest BCUT2D eigenvalue weighted by Crippen LogP contribution is 2.24. The van der Waals surface area contributed by atoms with Crippen molar-refractivity contribution < 1.29 is 9.59 Å². The van der Waals surface area contributed by atoms with Crippen LogP contribution in [0.3, 0.4) is 0 Å². The van der Waals surface area contributed by atoms with Crippen molar-refractivity contribution in [2.24, 2.45) is 5.73 Å². The first-order chi connectivity index (χ1) is 10.5.